The molecule has 0 saturated heterocycles. The first-order chi connectivity index (χ1) is 8.99. The summed E-state index contributed by atoms with van der Waals surface area (Å²) in [6.45, 7) is -1.24. The normalized spacial score (nSPS) is 10.6. The summed E-state index contributed by atoms with van der Waals surface area (Å²) in [5.41, 5.74) is 0.216. The SMILES string of the molecule is COc1ccc(Br)c(C(=O)N(CCO)CC(F)F)c1. The number of methoxy groups -OCH3 is 1. The molecule has 0 aliphatic carbocycles. The number of carbonyl (C=O) groups excluding carboxylic acids is 1. The molecule has 0 aliphatic rings. The maximum absolute atomic E-state index is 12.4. The number of aliphatic hydroxyl groups is 1. The second kappa shape index (κ2) is 7.40. The minimum Gasteiger partial charge on any atom is -0.497 e. The Hall–Kier alpha value is -1.21. The summed E-state index contributed by atoms with van der Waals surface area (Å²) >= 11 is 3.19. The molecule has 0 radical (unpaired) electrons. The van der Waals surface area contributed by atoms with E-state index in [9.17, 15) is 13.6 Å². The van der Waals surface area contributed by atoms with Gasteiger partial charge in [0.25, 0.3) is 12.3 Å². The number of hydrogen-bond acceptors (Lipinski definition) is 3. The zero-order valence-electron chi connectivity index (χ0n) is 10.3. The maximum atomic E-state index is 12.4. The van der Waals surface area contributed by atoms with Gasteiger partial charge in [0.1, 0.15) is 5.75 Å². The van der Waals surface area contributed by atoms with E-state index in [4.69, 9.17) is 9.84 Å². The van der Waals surface area contributed by atoms with Crippen LogP contribution in [0.25, 0.3) is 0 Å². The van der Waals surface area contributed by atoms with Crippen molar-refractivity contribution in [3.8, 4) is 5.75 Å². The van der Waals surface area contributed by atoms with Gasteiger partial charge in [-0.2, -0.15) is 0 Å². The summed E-state index contributed by atoms with van der Waals surface area (Å²) in [6, 6.07) is 4.71. The highest BCUT2D eigenvalue weighted by molar-refractivity contribution is 9.10. The molecule has 19 heavy (non-hydrogen) atoms. The average molecular weight is 338 g/mol. The van der Waals surface area contributed by atoms with E-state index in [1.54, 1.807) is 12.1 Å². The van der Waals surface area contributed by atoms with E-state index in [1.165, 1.54) is 13.2 Å². The van der Waals surface area contributed by atoms with E-state index >= 15 is 0 Å². The number of halogens is 3. The Labute approximate surface area is 118 Å². The number of ether oxygens (including phenoxy) is 1. The maximum Gasteiger partial charge on any atom is 0.255 e. The molecule has 0 aromatic heterocycles. The molecule has 0 spiro atoms. The third kappa shape index (κ3) is 4.43. The summed E-state index contributed by atoms with van der Waals surface area (Å²) in [5.74, 6) is -0.132. The van der Waals surface area contributed by atoms with E-state index in [-0.39, 0.29) is 18.7 Å². The Kier molecular flexibility index (Phi) is 6.17. The Morgan fingerprint density at radius 3 is 2.74 bits per heavy atom. The van der Waals surface area contributed by atoms with Crippen molar-refractivity contribution in [2.75, 3.05) is 26.8 Å². The number of carbonyl (C=O) groups is 1. The molecule has 1 N–H and O–H groups in total. The fourth-order valence-electron chi connectivity index (χ4n) is 1.53. The van der Waals surface area contributed by atoms with Gasteiger partial charge in [0, 0.05) is 11.0 Å². The fourth-order valence-corrected chi connectivity index (χ4v) is 1.94. The van der Waals surface area contributed by atoms with Crippen LogP contribution < -0.4 is 4.74 Å². The molecule has 0 fully saturated rings. The smallest absolute Gasteiger partial charge is 0.255 e. The monoisotopic (exact) mass is 337 g/mol. The predicted octanol–water partition coefficient (Wildman–Crippen LogP) is 2.16. The molecule has 1 aromatic rings. The number of aliphatic hydroxyl groups excluding tert-OH is 1. The van der Waals surface area contributed by atoms with Crippen LogP contribution >= 0.6 is 15.9 Å². The number of benzene rings is 1. The van der Waals surface area contributed by atoms with Gasteiger partial charge in [-0.15, -0.1) is 0 Å². The van der Waals surface area contributed by atoms with Gasteiger partial charge in [-0.3, -0.25) is 4.79 Å². The van der Waals surface area contributed by atoms with Gasteiger partial charge in [0.2, 0.25) is 0 Å². The number of alkyl halides is 2. The third-order valence-corrected chi connectivity index (χ3v) is 3.11. The molecule has 0 heterocycles. The number of rotatable bonds is 6. The summed E-state index contributed by atoms with van der Waals surface area (Å²) < 4.78 is 30.3. The van der Waals surface area contributed by atoms with Crippen LogP contribution in [0.1, 0.15) is 10.4 Å². The minimum atomic E-state index is -2.65. The zero-order valence-corrected chi connectivity index (χ0v) is 11.9. The van der Waals surface area contributed by atoms with Crippen molar-refractivity contribution in [1.29, 1.82) is 0 Å². The van der Waals surface area contributed by atoms with Crippen LogP contribution in [-0.4, -0.2) is 49.1 Å². The Morgan fingerprint density at radius 1 is 1.53 bits per heavy atom. The molecular weight excluding hydrogens is 324 g/mol. The molecule has 1 rings (SSSR count). The van der Waals surface area contributed by atoms with Crippen molar-refractivity contribution in [1.82, 2.24) is 4.90 Å². The van der Waals surface area contributed by atoms with Gasteiger partial charge in [-0.1, -0.05) is 0 Å². The van der Waals surface area contributed by atoms with E-state index in [0.717, 1.165) is 4.90 Å². The minimum absolute atomic E-state index is 0.146. The van der Waals surface area contributed by atoms with Crippen molar-refractivity contribution in [3.05, 3.63) is 28.2 Å². The second-order valence-corrected chi connectivity index (χ2v) is 4.57. The molecule has 0 bridgehead atoms. The van der Waals surface area contributed by atoms with Gasteiger partial charge < -0.3 is 14.7 Å². The highest BCUT2D eigenvalue weighted by atomic mass is 79.9. The van der Waals surface area contributed by atoms with Crippen LogP contribution in [0.2, 0.25) is 0 Å². The molecule has 0 unspecified atom stereocenters. The molecule has 1 aromatic carbocycles. The molecule has 106 valence electrons. The molecule has 0 atom stereocenters. The molecule has 7 heteroatoms. The van der Waals surface area contributed by atoms with Gasteiger partial charge >= 0.3 is 0 Å². The van der Waals surface area contributed by atoms with Gasteiger partial charge in [-0.05, 0) is 34.1 Å². The highest BCUT2D eigenvalue weighted by Crippen LogP contribution is 2.24. The highest BCUT2D eigenvalue weighted by Gasteiger charge is 2.21. The summed E-state index contributed by atoms with van der Waals surface area (Å²) in [4.78, 5) is 13.1. The van der Waals surface area contributed by atoms with Crippen molar-refractivity contribution in [2.24, 2.45) is 0 Å². The van der Waals surface area contributed by atoms with Crippen molar-refractivity contribution in [2.45, 2.75) is 6.43 Å². The topological polar surface area (TPSA) is 49.8 Å². The third-order valence-electron chi connectivity index (χ3n) is 2.42. The summed E-state index contributed by atoms with van der Waals surface area (Å²) in [5, 5.41) is 8.84. The standard InChI is InChI=1S/C12H14BrF2NO3/c1-19-8-2-3-10(13)9(6-8)12(18)16(4-5-17)7-11(14)15/h2-3,6,11,17H,4-5,7H2,1H3. The lowest BCUT2D eigenvalue weighted by Gasteiger charge is -2.22. The van der Waals surface area contributed by atoms with Crippen LogP contribution in [0.3, 0.4) is 0 Å². The van der Waals surface area contributed by atoms with Crippen molar-refractivity contribution in [3.63, 3.8) is 0 Å². The van der Waals surface area contributed by atoms with Crippen molar-refractivity contribution >= 4 is 21.8 Å². The first-order valence-electron chi connectivity index (χ1n) is 5.51. The quantitative estimate of drug-likeness (QED) is 0.865. The van der Waals surface area contributed by atoms with Gasteiger partial charge in [0.05, 0.1) is 25.8 Å². The van der Waals surface area contributed by atoms with E-state index < -0.39 is 18.9 Å². The number of hydrogen-bond donors (Lipinski definition) is 1. The van der Waals surface area contributed by atoms with E-state index in [2.05, 4.69) is 15.9 Å². The summed E-state index contributed by atoms with van der Waals surface area (Å²) in [6.07, 6.45) is -2.65. The lowest BCUT2D eigenvalue weighted by molar-refractivity contribution is 0.0508. The molecular formula is C12H14BrF2NO3. The predicted molar refractivity (Wildman–Crippen MR) is 69.7 cm³/mol. The van der Waals surface area contributed by atoms with Crippen LogP contribution in [0.4, 0.5) is 8.78 Å². The summed E-state index contributed by atoms with van der Waals surface area (Å²) in [7, 11) is 1.45. The first kappa shape index (κ1) is 15.8. The molecule has 4 nitrogen and oxygen atoms in total. The molecule has 0 aliphatic heterocycles. The van der Waals surface area contributed by atoms with Crippen LogP contribution in [0.15, 0.2) is 22.7 Å². The Balaban J connectivity index is 3.01. The Bertz CT molecular complexity index is 443. The largest absolute Gasteiger partial charge is 0.497 e. The number of amides is 1. The van der Waals surface area contributed by atoms with Gasteiger partial charge in [-0.25, -0.2) is 8.78 Å². The first-order valence-corrected chi connectivity index (χ1v) is 6.30. The fraction of sp³-hybridized carbons (Fsp3) is 0.417. The van der Waals surface area contributed by atoms with Crippen LogP contribution in [0.5, 0.6) is 5.75 Å². The van der Waals surface area contributed by atoms with Crippen LogP contribution in [0, 0.1) is 0 Å². The molecule has 0 saturated carbocycles. The lowest BCUT2D eigenvalue weighted by atomic mass is 10.2. The van der Waals surface area contributed by atoms with Crippen molar-refractivity contribution < 1.29 is 23.4 Å². The van der Waals surface area contributed by atoms with E-state index in [0.29, 0.717) is 10.2 Å². The zero-order chi connectivity index (χ0) is 14.4. The van der Waals surface area contributed by atoms with Gasteiger partial charge in [0.15, 0.2) is 0 Å². The number of nitrogens with zero attached hydrogens (tertiary/aromatic N) is 1. The van der Waals surface area contributed by atoms with Crippen LogP contribution in [-0.2, 0) is 0 Å². The second-order valence-electron chi connectivity index (χ2n) is 3.71. The Morgan fingerprint density at radius 2 is 2.21 bits per heavy atom. The van der Waals surface area contributed by atoms with E-state index in [1.807, 2.05) is 0 Å². The average Bonchev–Trinajstić information content (AvgIpc) is 2.37. The lowest BCUT2D eigenvalue weighted by Crippen LogP contribution is -2.37. The molecule has 1 amide bonds.